The van der Waals surface area contributed by atoms with E-state index < -0.39 is 18.2 Å². The lowest BCUT2D eigenvalue weighted by Gasteiger charge is -2.32. The van der Waals surface area contributed by atoms with Gasteiger partial charge in [0.15, 0.2) is 0 Å². The topological polar surface area (TPSA) is 44.8 Å². The van der Waals surface area contributed by atoms with Gasteiger partial charge in [0, 0.05) is 12.7 Å². The zero-order chi connectivity index (χ0) is 13.1. The Kier molecular flexibility index (Phi) is 3.67. The van der Waals surface area contributed by atoms with E-state index >= 15 is 0 Å². The summed E-state index contributed by atoms with van der Waals surface area (Å²) in [5, 5.41) is 0. The van der Waals surface area contributed by atoms with Gasteiger partial charge in [0.05, 0.1) is 6.61 Å². The quantitative estimate of drug-likeness (QED) is 0.768. The normalized spacial score (nSPS) is 22.0. The smallest absolute Gasteiger partial charge is 0.350 e. The number of para-hydroxylation sites is 1. The van der Waals surface area contributed by atoms with E-state index in [9.17, 15) is 4.79 Å². The van der Waals surface area contributed by atoms with Gasteiger partial charge in [-0.05, 0) is 18.6 Å². The number of rotatable bonds is 3. The van der Waals surface area contributed by atoms with Crippen molar-refractivity contribution in [1.82, 2.24) is 0 Å². The van der Waals surface area contributed by atoms with Gasteiger partial charge in [0.1, 0.15) is 11.9 Å². The molecule has 0 radical (unpaired) electrons. The maximum absolute atomic E-state index is 11.9. The molecule has 4 nitrogen and oxygen atoms in total. The minimum atomic E-state index is -0.794. The van der Waals surface area contributed by atoms with Crippen LogP contribution in [0.2, 0.25) is 0 Å². The summed E-state index contributed by atoms with van der Waals surface area (Å²) in [7, 11) is 1.53. The van der Waals surface area contributed by atoms with Crippen LogP contribution in [0.1, 0.15) is 12.5 Å². The average molecular weight is 248 g/mol. The summed E-state index contributed by atoms with van der Waals surface area (Å²) in [6.45, 7) is 6.05. The molecule has 2 atom stereocenters. The number of carbonyl (C=O) groups is 1. The fraction of sp³-hybridized carbons (Fsp3) is 0.357. The molecule has 1 aliphatic heterocycles. The van der Waals surface area contributed by atoms with Gasteiger partial charge in [-0.3, -0.25) is 0 Å². The van der Waals surface area contributed by atoms with Gasteiger partial charge >= 0.3 is 5.97 Å². The number of fused-ring (bicyclic) bond motifs is 1. The standard InChI is InChI=1S/C14H16O4/c1-4-17-14(15)13-12(16-3)9(2)10-7-5-6-8-11(10)18-13/h5-8,12-13H,2,4H2,1,3H3. The predicted molar refractivity (Wildman–Crippen MR) is 67.3 cm³/mol. The number of hydrogen-bond acceptors (Lipinski definition) is 4. The molecule has 4 heteroatoms. The SMILES string of the molecule is C=C1c2ccccc2OC(C(=O)OCC)C1OC. The van der Waals surface area contributed by atoms with Crippen molar-refractivity contribution in [2.75, 3.05) is 13.7 Å². The van der Waals surface area contributed by atoms with Gasteiger partial charge in [-0.1, -0.05) is 24.8 Å². The molecule has 2 rings (SSSR count). The molecule has 0 aromatic heterocycles. The molecule has 0 amide bonds. The zero-order valence-corrected chi connectivity index (χ0v) is 10.5. The van der Waals surface area contributed by atoms with E-state index in [1.807, 2.05) is 18.2 Å². The molecule has 96 valence electrons. The maximum atomic E-state index is 11.9. The van der Waals surface area contributed by atoms with Crippen LogP contribution < -0.4 is 4.74 Å². The summed E-state index contributed by atoms with van der Waals surface area (Å²) in [4.78, 5) is 11.9. The van der Waals surface area contributed by atoms with Crippen molar-refractivity contribution in [1.29, 1.82) is 0 Å². The van der Waals surface area contributed by atoms with Gasteiger partial charge in [-0.25, -0.2) is 4.79 Å². The van der Waals surface area contributed by atoms with Gasteiger partial charge in [0.2, 0.25) is 6.10 Å². The van der Waals surface area contributed by atoms with Crippen LogP contribution in [0, 0.1) is 0 Å². The molecule has 0 N–H and O–H groups in total. The first-order valence-corrected chi connectivity index (χ1v) is 5.83. The summed E-state index contributed by atoms with van der Waals surface area (Å²) in [5.74, 6) is 0.203. The Balaban J connectivity index is 2.34. The number of esters is 1. The highest BCUT2D eigenvalue weighted by molar-refractivity contribution is 5.84. The number of carbonyl (C=O) groups excluding carboxylic acids is 1. The molecular formula is C14H16O4. The van der Waals surface area contributed by atoms with Gasteiger partial charge < -0.3 is 14.2 Å². The van der Waals surface area contributed by atoms with Crippen LogP contribution in [-0.4, -0.2) is 31.9 Å². The Hall–Kier alpha value is -1.81. The first kappa shape index (κ1) is 12.6. The molecule has 0 aliphatic carbocycles. The zero-order valence-electron chi connectivity index (χ0n) is 10.5. The fourth-order valence-electron chi connectivity index (χ4n) is 2.03. The van der Waals surface area contributed by atoms with Gasteiger partial charge in [-0.2, -0.15) is 0 Å². The van der Waals surface area contributed by atoms with Crippen molar-refractivity contribution < 1.29 is 19.0 Å². The molecule has 1 aromatic rings. The minimum Gasteiger partial charge on any atom is -0.475 e. The monoisotopic (exact) mass is 248 g/mol. The van der Waals surface area contributed by atoms with Crippen molar-refractivity contribution in [2.45, 2.75) is 19.1 Å². The lowest BCUT2D eigenvalue weighted by atomic mass is 9.94. The van der Waals surface area contributed by atoms with Crippen molar-refractivity contribution in [3.05, 3.63) is 36.4 Å². The number of methoxy groups -OCH3 is 1. The van der Waals surface area contributed by atoms with Crippen molar-refractivity contribution in [3.8, 4) is 5.75 Å². The Morgan fingerprint density at radius 3 is 2.83 bits per heavy atom. The maximum Gasteiger partial charge on any atom is 0.350 e. The van der Waals surface area contributed by atoms with Crippen molar-refractivity contribution >= 4 is 11.5 Å². The third-order valence-corrected chi connectivity index (χ3v) is 2.88. The second kappa shape index (κ2) is 5.23. The Bertz CT molecular complexity index is 467. The summed E-state index contributed by atoms with van der Waals surface area (Å²) >= 11 is 0. The molecule has 0 saturated heterocycles. The van der Waals surface area contributed by atoms with Crippen LogP contribution >= 0.6 is 0 Å². The third-order valence-electron chi connectivity index (χ3n) is 2.88. The van der Waals surface area contributed by atoms with Crippen LogP contribution in [-0.2, 0) is 14.3 Å². The molecule has 0 fully saturated rings. The van der Waals surface area contributed by atoms with Crippen molar-refractivity contribution in [2.24, 2.45) is 0 Å². The minimum absolute atomic E-state index is 0.309. The molecular weight excluding hydrogens is 232 g/mol. The molecule has 18 heavy (non-hydrogen) atoms. The van der Waals surface area contributed by atoms with Crippen LogP contribution in [0.25, 0.3) is 5.57 Å². The summed E-state index contributed by atoms with van der Waals surface area (Å²) < 4.78 is 16.0. The molecule has 1 heterocycles. The number of benzene rings is 1. The van der Waals surface area contributed by atoms with E-state index in [1.165, 1.54) is 7.11 Å². The highest BCUT2D eigenvalue weighted by Gasteiger charge is 2.39. The van der Waals surface area contributed by atoms with E-state index in [4.69, 9.17) is 14.2 Å². The number of ether oxygens (including phenoxy) is 3. The van der Waals surface area contributed by atoms with Gasteiger partial charge in [-0.15, -0.1) is 0 Å². The fourth-order valence-corrected chi connectivity index (χ4v) is 2.03. The molecule has 0 spiro atoms. The van der Waals surface area contributed by atoms with Gasteiger partial charge in [0.25, 0.3) is 0 Å². The first-order chi connectivity index (χ1) is 8.69. The highest BCUT2D eigenvalue weighted by atomic mass is 16.6. The molecule has 1 aliphatic rings. The lowest BCUT2D eigenvalue weighted by Crippen LogP contribution is -2.44. The molecule has 1 aromatic carbocycles. The summed E-state index contributed by atoms with van der Waals surface area (Å²) in [6.07, 6.45) is -1.31. The van der Waals surface area contributed by atoms with E-state index in [0.717, 1.165) is 11.1 Å². The van der Waals surface area contributed by atoms with E-state index in [2.05, 4.69) is 6.58 Å². The van der Waals surface area contributed by atoms with E-state index in [1.54, 1.807) is 13.0 Å². The Morgan fingerprint density at radius 1 is 1.44 bits per heavy atom. The van der Waals surface area contributed by atoms with Crippen molar-refractivity contribution in [3.63, 3.8) is 0 Å². The van der Waals surface area contributed by atoms with Crippen LogP contribution in [0.4, 0.5) is 0 Å². The van der Waals surface area contributed by atoms with Crippen LogP contribution in [0.15, 0.2) is 30.8 Å². The van der Waals surface area contributed by atoms with E-state index in [-0.39, 0.29) is 0 Å². The largest absolute Gasteiger partial charge is 0.475 e. The lowest BCUT2D eigenvalue weighted by molar-refractivity contribution is -0.156. The van der Waals surface area contributed by atoms with E-state index in [0.29, 0.717) is 12.4 Å². The summed E-state index contributed by atoms with van der Waals surface area (Å²) in [6, 6.07) is 7.44. The highest BCUT2D eigenvalue weighted by Crippen LogP contribution is 2.36. The first-order valence-electron chi connectivity index (χ1n) is 5.83. The predicted octanol–water partition coefficient (Wildman–Crippen LogP) is 2.04. The Morgan fingerprint density at radius 2 is 2.17 bits per heavy atom. The van der Waals surface area contributed by atoms with Crippen LogP contribution in [0.5, 0.6) is 5.75 Å². The number of hydrogen-bond donors (Lipinski definition) is 0. The molecule has 0 saturated carbocycles. The third kappa shape index (κ3) is 2.11. The Labute approximate surface area is 106 Å². The average Bonchev–Trinajstić information content (AvgIpc) is 2.39. The molecule has 2 unspecified atom stereocenters. The second-order valence-corrected chi connectivity index (χ2v) is 3.97. The van der Waals surface area contributed by atoms with Crippen LogP contribution in [0.3, 0.4) is 0 Å². The molecule has 0 bridgehead atoms. The summed E-state index contributed by atoms with van der Waals surface area (Å²) in [5.41, 5.74) is 1.60. The second-order valence-electron chi connectivity index (χ2n) is 3.97.